The minimum absolute atomic E-state index is 0.290. The van der Waals surface area contributed by atoms with Gasteiger partial charge in [0, 0.05) is 10.6 Å². The van der Waals surface area contributed by atoms with Crippen LogP contribution >= 0.6 is 34.8 Å². The van der Waals surface area contributed by atoms with Crippen LogP contribution in [-0.4, -0.2) is 0 Å². The molecule has 0 aliphatic heterocycles. The zero-order chi connectivity index (χ0) is 13.1. The molecule has 0 amide bonds. The first kappa shape index (κ1) is 13.5. The van der Waals surface area contributed by atoms with E-state index in [4.69, 9.17) is 39.5 Å². The lowest BCUT2D eigenvalue weighted by Gasteiger charge is -2.12. The van der Waals surface area contributed by atoms with Gasteiger partial charge in [-0.15, -0.1) is 11.6 Å². The average Bonchev–Trinajstić information content (AvgIpc) is 2.34. The fourth-order valence-electron chi connectivity index (χ4n) is 1.57. The van der Waals surface area contributed by atoms with Crippen LogP contribution in [0.5, 0.6) is 11.5 Å². The SMILES string of the molecule is Cc1ccc(Cl)c(Oc2cccc(Cl)c2CCl)c1. The minimum atomic E-state index is 0.290. The molecule has 0 atom stereocenters. The van der Waals surface area contributed by atoms with Crippen molar-refractivity contribution in [2.24, 2.45) is 0 Å². The van der Waals surface area contributed by atoms with Gasteiger partial charge in [0.05, 0.1) is 10.9 Å². The standard InChI is InChI=1S/C14H11Cl3O/c1-9-5-6-12(17)14(7-9)18-13-4-2-3-11(16)10(13)8-15/h2-7H,8H2,1H3. The second kappa shape index (κ2) is 5.83. The zero-order valence-electron chi connectivity index (χ0n) is 9.71. The summed E-state index contributed by atoms with van der Waals surface area (Å²) >= 11 is 18.0. The summed E-state index contributed by atoms with van der Waals surface area (Å²) in [5, 5.41) is 1.15. The van der Waals surface area contributed by atoms with E-state index >= 15 is 0 Å². The van der Waals surface area contributed by atoms with E-state index < -0.39 is 0 Å². The summed E-state index contributed by atoms with van der Waals surface area (Å²) in [5.41, 5.74) is 1.84. The van der Waals surface area contributed by atoms with Gasteiger partial charge < -0.3 is 4.74 Å². The first-order chi connectivity index (χ1) is 8.61. The predicted molar refractivity (Wildman–Crippen MR) is 77.3 cm³/mol. The maximum atomic E-state index is 6.09. The highest BCUT2D eigenvalue weighted by Crippen LogP contribution is 2.35. The molecule has 0 radical (unpaired) electrons. The molecule has 0 fully saturated rings. The number of halogens is 3. The number of benzene rings is 2. The number of hydrogen-bond acceptors (Lipinski definition) is 1. The Kier molecular flexibility index (Phi) is 4.39. The second-order valence-corrected chi connectivity index (χ2v) is 4.97. The van der Waals surface area contributed by atoms with Gasteiger partial charge in [0.15, 0.2) is 0 Å². The molecule has 0 aromatic heterocycles. The van der Waals surface area contributed by atoms with Gasteiger partial charge in [0.25, 0.3) is 0 Å². The molecule has 0 unspecified atom stereocenters. The average molecular weight is 302 g/mol. The van der Waals surface area contributed by atoms with Crippen molar-refractivity contribution in [2.75, 3.05) is 0 Å². The Morgan fingerprint density at radius 2 is 1.78 bits per heavy atom. The Bertz CT molecular complexity index is 567. The van der Waals surface area contributed by atoms with Crippen molar-refractivity contribution in [1.82, 2.24) is 0 Å². The molecule has 0 saturated carbocycles. The maximum absolute atomic E-state index is 6.09. The van der Waals surface area contributed by atoms with E-state index in [9.17, 15) is 0 Å². The first-order valence-electron chi connectivity index (χ1n) is 5.39. The Morgan fingerprint density at radius 1 is 1.00 bits per heavy atom. The van der Waals surface area contributed by atoms with Crippen LogP contribution in [0.2, 0.25) is 10.0 Å². The minimum Gasteiger partial charge on any atom is -0.455 e. The van der Waals surface area contributed by atoms with Gasteiger partial charge in [-0.05, 0) is 36.8 Å². The number of hydrogen-bond donors (Lipinski definition) is 0. The summed E-state index contributed by atoms with van der Waals surface area (Å²) in [5.74, 6) is 1.52. The Labute approximate surface area is 121 Å². The van der Waals surface area contributed by atoms with Gasteiger partial charge in [0.2, 0.25) is 0 Å². The van der Waals surface area contributed by atoms with Crippen LogP contribution in [0.1, 0.15) is 11.1 Å². The predicted octanol–water partition coefficient (Wildman–Crippen LogP) is 5.83. The van der Waals surface area contributed by atoms with Crippen molar-refractivity contribution in [3.05, 3.63) is 57.6 Å². The van der Waals surface area contributed by atoms with Gasteiger partial charge in [-0.2, -0.15) is 0 Å². The van der Waals surface area contributed by atoms with Crippen molar-refractivity contribution in [3.63, 3.8) is 0 Å². The molecule has 0 heterocycles. The van der Waals surface area contributed by atoms with E-state index in [2.05, 4.69) is 0 Å². The van der Waals surface area contributed by atoms with Crippen LogP contribution in [0.3, 0.4) is 0 Å². The molecular formula is C14H11Cl3O. The third-order valence-electron chi connectivity index (χ3n) is 2.52. The molecule has 0 bridgehead atoms. The van der Waals surface area contributed by atoms with Crippen LogP contribution in [0.15, 0.2) is 36.4 Å². The fraction of sp³-hybridized carbons (Fsp3) is 0.143. The van der Waals surface area contributed by atoms with E-state index in [0.29, 0.717) is 27.4 Å². The number of rotatable bonds is 3. The van der Waals surface area contributed by atoms with Crippen LogP contribution < -0.4 is 4.74 Å². The molecule has 2 aromatic carbocycles. The molecule has 2 rings (SSSR count). The van der Waals surface area contributed by atoms with E-state index in [-0.39, 0.29) is 0 Å². The summed E-state index contributed by atoms with van der Waals surface area (Å²) in [7, 11) is 0. The molecule has 18 heavy (non-hydrogen) atoms. The van der Waals surface area contributed by atoms with Gasteiger partial charge >= 0.3 is 0 Å². The Hall–Kier alpha value is -0.890. The monoisotopic (exact) mass is 300 g/mol. The molecule has 2 aromatic rings. The highest BCUT2D eigenvalue weighted by Gasteiger charge is 2.10. The number of ether oxygens (including phenoxy) is 1. The molecule has 0 aliphatic rings. The Balaban J connectivity index is 2.40. The van der Waals surface area contributed by atoms with Crippen molar-refractivity contribution >= 4 is 34.8 Å². The van der Waals surface area contributed by atoms with E-state index in [0.717, 1.165) is 11.1 Å². The summed E-state index contributed by atoms with van der Waals surface area (Å²) in [6, 6.07) is 11.0. The van der Waals surface area contributed by atoms with E-state index in [1.807, 2.05) is 31.2 Å². The van der Waals surface area contributed by atoms with Gasteiger partial charge in [-0.25, -0.2) is 0 Å². The topological polar surface area (TPSA) is 9.23 Å². The molecular weight excluding hydrogens is 291 g/mol. The first-order valence-corrected chi connectivity index (χ1v) is 6.68. The molecule has 0 aliphatic carbocycles. The lowest BCUT2D eigenvalue weighted by atomic mass is 10.2. The van der Waals surface area contributed by atoms with Crippen molar-refractivity contribution in [2.45, 2.75) is 12.8 Å². The zero-order valence-corrected chi connectivity index (χ0v) is 12.0. The highest BCUT2D eigenvalue weighted by atomic mass is 35.5. The lowest BCUT2D eigenvalue weighted by molar-refractivity contribution is 0.478. The van der Waals surface area contributed by atoms with Crippen LogP contribution in [-0.2, 0) is 5.88 Å². The number of alkyl halides is 1. The molecule has 0 N–H and O–H groups in total. The third-order valence-corrected chi connectivity index (χ3v) is 3.45. The van der Waals surface area contributed by atoms with Gasteiger partial charge in [-0.3, -0.25) is 0 Å². The quantitative estimate of drug-likeness (QED) is 0.648. The smallest absolute Gasteiger partial charge is 0.146 e. The summed E-state index contributed by atoms with van der Waals surface area (Å²) in [6.07, 6.45) is 0. The highest BCUT2D eigenvalue weighted by molar-refractivity contribution is 6.32. The van der Waals surface area contributed by atoms with Crippen molar-refractivity contribution in [1.29, 1.82) is 0 Å². The summed E-state index contributed by atoms with van der Waals surface area (Å²) < 4.78 is 5.79. The summed E-state index contributed by atoms with van der Waals surface area (Å²) in [6.45, 7) is 1.98. The molecule has 1 nitrogen and oxygen atoms in total. The number of aryl methyl sites for hydroxylation is 1. The lowest BCUT2D eigenvalue weighted by Crippen LogP contribution is -1.91. The van der Waals surface area contributed by atoms with Gasteiger partial charge in [-0.1, -0.05) is 35.3 Å². The van der Waals surface area contributed by atoms with Crippen LogP contribution in [0, 0.1) is 6.92 Å². The van der Waals surface area contributed by atoms with E-state index in [1.165, 1.54) is 0 Å². The molecule has 4 heteroatoms. The maximum Gasteiger partial charge on any atom is 0.146 e. The summed E-state index contributed by atoms with van der Waals surface area (Å²) in [4.78, 5) is 0. The van der Waals surface area contributed by atoms with Crippen LogP contribution in [0.25, 0.3) is 0 Å². The molecule has 0 saturated heterocycles. The normalized spacial score (nSPS) is 10.4. The van der Waals surface area contributed by atoms with Gasteiger partial charge in [0.1, 0.15) is 11.5 Å². The Morgan fingerprint density at radius 3 is 2.50 bits per heavy atom. The van der Waals surface area contributed by atoms with Crippen molar-refractivity contribution in [3.8, 4) is 11.5 Å². The fourth-order valence-corrected chi connectivity index (χ4v) is 2.30. The third kappa shape index (κ3) is 2.92. The molecule has 94 valence electrons. The van der Waals surface area contributed by atoms with E-state index in [1.54, 1.807) is 12.1 Å². The van der Waals surface area contributed by atoms with Crippen molar-refractivity contribution < 1.29 is 4.74 Å². The largest absolute Gasteiger partial charge is 0.455 e. The second-order valence-electron chi connectivity index (χ2n) is 3.89. The van der Waals surface area contributed by atoms with Crippen LogP contribution in [0.4, 0.5) is 0 Å². The molecule has 0 spiro atoms.